The van der Waals surface area contributed by atoms with Gasteiger partial charge in [-0.3, -0.25) is 4.79 Å². The monoisotopic (exact) mass is 274 g/mol. The minimum Gasteiger partial charge on any atom is -0.382 e. The summed E-state index contributed by atoms with van der Waals surface area (Å²) in [5.74, 6) is 0.826. The maximum atomic E-state index is 11.6. The Hall–Kier alpha value is -1.51. The van der Waals surface area contributed by atoms with Crippen LogP contribution in [0.25, 0.3) is 0 Å². The number of rotatable bonds is 5. The van der Waals surface area contributed by atoms with Gasteiger partial charge in [0, 0.05) is 18.8 Å². The standard InChI is InChI=1S/C17H26N2O/c1-3-13-8-4-6-10-15(13)19-16-11-7-5-9-14(16)12-17(20)18-2/h5,7,9,11,13,15,19H,3-4,6,8,10,12H2,1-2H3,(H,18,20). The first-order valence-electron chi connectivity index (χ1n) is 7.79. The van der Waals surface area contributed by atoms with Gasteiger partial charge >= 0.3 is 0 Å². The highest BCUT2D eigenvalue weighted by atomic mass is 16.1. The van der Waals surface area contributed by atoms with Crippen LogP contribution < -0.4 is 10.6 Å². The van der Waals surface area contributed by atoms with E-state index in [4.69, 9.17) is 0 Å². The summed E-state index contributed by atoms with van der Waals surface area (Å²) in [6.07, 6.45) is 6.92. The van der Waals surface area contributed by atoms with Gasteiger partial charge in [-0.15, -0.1) is 0 Å². The van der Waals surface area contributed by atoms with E-state index in [1.54, 1.807) is 7.05 Å². The van der Waals surface area contributed by atoms with Gasteiger partial charge in [0.15, 0.2) is 0 Å². The third-order valence-corrected chi connectivity index (χ3v) is 4.42. The summed E-state index contributed by atoms with van der Waals surface area (Å²) in [4.78, 5) is 11.6. The molecule has 0 saturated heterocycles. The first kappa shape index (κ1) is 14.9. The predicted molar refractivity (Wildman–Crippen MR) is 83.9 cm³/mol. The molecule has 1 aromatic carbocycles. The molecule has 3 heteroatoms. The minimum absolute atomic E-state index is 0.0648. The number of hydrogen-bond donors (Lipinski definition) is 2. The molecule has 3 nitrogen and oxygen atoms in total. The normalized spacial score (nSPS) is 22.3. The smallest absolute Gasteiger partial charge is 0.224 e. The van der Waals surface area contributed by atoms with Crippen molar-refractivity contribution < 1.29 is 4.79 Å². The van der Waals surface area contributed by atoms with Crippen LogP contribution in [0.4, 0.5) is 5.69 Å². The lowest BCUT2D eigenvalue weighted by atomic mass is 9.82. The first-order valence-corrected chi connectivity index (χ1v) is 7.79. The lowest BCUT2D eigenvalue weighted by Gasteiger charge is -2.33. The highest BCUT2D eigenvalue weighted by Crippen LogP contribution is 2.30. The summed E-state index contributed by atoms with van der Waals surface area (Å²) in [7, 11) is 1.69. The van der Waals surface area contributed by atoms with E-state index in [2.05, 4.69) is 23.6 Å². The number of benzene rings is 1. The van der Waals surface area contributed by atoms with Gasteiger partial charge in [-0.25, -0.2) is 0 Å². The Bertz CT molecular complexity index is 444. The average molecular weight is 274 g/mol. The Morgan fingerprint density at radius 1 is 1.25 bits per heavy atom. The van der Waals surface area contributed by atoms with Crippen molar-refractivity contribution in [3.05, 3.63) is 29.8 Å². The fourth-order valence-corrected chi connectivity index (χ4v) is 3.16. The quantitative estimate of drug-likeness (QED) is 0.864. The number of carbonyl (C=O) groups is 1. The van der Waals surface area contributed by atoms with E-state index in [1.165, 1.54) is 32.1 Å². The first-order chi connectivity index (χ1) is 9.74. The van der Waals surface area contributed by atoms with E-state index in [9.17, 15) is 4.79 Å². The molecule has 1 saturated carbocycles. The summed E-state index contributed by atoms with van der Waals surface area (Å²) in [6, 6.07) is 8.74. The van der Waals surface area contributed by atoms with Crippen molar-refractivity contribution in [1.82, 2.24) is 5.32 Å². The summed E-state index contributed by atoms with van der Waals surface area (Å²) in [5.41, 5.74) is 2.22. The summed E-state index contributed by atoms with van der Waals surface area (Å²) >= 11 is 0. The molecule has 2 rings (SSSR count). The summed E-state index contributed by atoms with van der Waals surface area (Å²) < 4.78 is 0. The number of hydrogen-bond acceptors (Lipinski definition) is 2. The third kappa shape index (κ3) is 3.75. The molecule has 110 valence electrons. The van der Waals surface area contributed by atoms with Crippen LogP contribution in [-0.4, -0.2) is 19.0 Å². The Morgan fingerprint density at radius 2 is 2.00 bits per heavy atom. The van der Waals surface area contributed by atoms with Crippen molar-refractivity contribution in [3.63, 3.8) is 0 Å². The lowest BCUT2D eigenvalue weighted by Crippen LogP contribution is -2.32. The maximum Gasteiger partial charge on any atom is 0.224 e. The van der Waals surface area contributed by atoms with E-state index in [1.807, 2.05) is 18.2 Å². The molecule has 0 spiro atoms. The highest BCUT2D eigenvalue weighted by molar-refractivity contribution is 5.80. The zero-order valence-electron chi connectivity index (χ0n) is 12.6. The molecule has 0 bridgehead atoms. The summed E-state index contributed by atoms with van der Waals surface area (Å²) in [5, 5.41) is 6.40. The molecule has 1 aromatic rings. The van der Waals surface area contributed by atoms with Crippen molar-refractivity contribution in [2.45, 2.75) is 51.5 Å². The Morgan fingerprint density at radius 3 is 2.75 bits per heavy atom. The van der Waals surface area contributed by atoms with Crippen LogP contribution in [0.1, 0.15) is 44.6 Å². The number of anilines is 1. The zero-order valence-corrected chi connectivity index (χ0v) is 12.6. The van der Waals surface area contributed by atoms with Crippen molar-refractivity contribution in [3.8, 4) is 0 Å². The highest BCUT2D eigenvalue weighted by Gasteiger charge is 2.24. The van der Waals surface area contributed by atoms with E-state index in [0.717, 1.165) is 17.2 Å². The summed E-state index contributed by atoms with van der Waals surface area (Å²) in [6.45, 7) is 2.28. The van der Waals surface area contributed by atoms with Gasteiger partial charge < -0.3 is 10.6 Å². The molecular weight excluding hydrogens is 248 g/mol. The molecule has 2 atom stereocenters. The van der Waals surface area contributed by atoms with Gasteiger partial charge in [0.1, 0.15) is 0 Å². The van der Waals surface area contributed by atoms with Crippen LogP contribution in [-0.2, 0) is 11.2 Å². The van der Waals surface area contributed by atoms with Gasteiger partial charge in [-0.1, -0.05) is 44.4 Å². The molecule has 1 amide bonds. The molecule has 1 fully saturated rings. The number of para-hydroxylation sites is 1. The minimum atomic E-state index is 0.0648. The molecule has 20 heavy (non-hydrogen) atoms. The van der Waals surface area contributed by atoms with Gasteiger partial charge in [0.05, 0.1) is 6.42 Å². The molecule has 0 radical (unpaired) electrons. The molecule has 2 unspecified atom stereocenters. The fourth-order valence-electron chi connectivity index (χ4n) is 3.16. The second-order valence-corrected chi connectivity index (χ2v) is 5.71. The zero-order chi connectivity index (χ0) is 14.4. The van der Waals surface area contributed by atoms with E-state index < -0.39 is 0 Å². The van der Waals surface area contributed by atoms with Crippen LogP contribution in [0.5, 0.6) is 0 Å². The average Bonchev–Trinajstić information content (AvgIpc) is 2.49. The van der Waals surface area contributed by atoms with E-state index in [-0.39, 0.29) is 5.91 Å². The number of nitrogens with one attached hydrogen (secondary N) is 2. The molecule has 1 aliphatic rings. The van der Waals surface area contributed by atoms with Crippen LogP contribution in [0.2, 0.25) is 0 Å². The van der Waals surface area contributed by atoms with Crippen molar-refractivity contribution in [1.29, 1.82) is 0 Å². The second-order valence-electron chi connectivity index (χ2n) is 5.71. The van der Waals surface area contributed by atoms with Gasteiger partial charge in [0.25, 0.3) is 0 Å². The lowest BCUT2D eigenvalue weighted by molar-refractivity contribution is -0.119. The topological polar surface area (TPSA) is 41.1 Å². The molecule has 0 aliphatic heterocycles. The maximum absolute atomic E-state index is 11.6. The van der Waals surface area contributed by atoms with Crippen LogP contribution in [0.3, 0.4) is 0 Å². The Labute approximate surface area is 122 Å². The largest absolute Gasteiger partial charge is 0.382 e. The van der Waals surface area contributed by atoms with E-state index >= 15 is 0 Å². The fraction of sp³-hybridized carbons (Fsp3) is 0.588. The molecule has 2 N–H and O–H groups in total. The Balaban J connectivity index is 2.09. The molecular formula is C17H26N2O. The molecule has 0 aromatic heterocycles. The number of likely N-dealkylation sites (N-methyl/N-ethyl adjacent to an activating group) is 1. The second kappa shape index (κ2) is 7.32. The van der Waals surface area contributed by atoms with Gasteiger partial charge in [0.2, 0.25) is 5.91 Å². The van der Waals surface area contributed by atoms with Crippen LogP contribution in [0, 0.1) is 5.92 Å². The van der Waals surface area contributed by atoms with Crippen molar-refractivity contribution in [2.24, 2.45) is 5.92 Å². The van der Waals surface area contributed by atoms with Gasteiger partial charge in [-0.2, -0.15) is 0 Å². The SMILES string of the molecule is CCC1CCCCC1Nc1ccccc1CC(=O)NC. The van der Waals surface area contributed by atoms with Crippen molar-refractivity contribution >= 4 is 11.6 Å². The van der Waals surface area contributed by atoms with Crippen LogP contribution >= 0.6 is 0 Å². The molecule has 0 heterocycles. The Kier molecular flexibility index (Phi) is 5.45. The predicted octanol–water partition coefficient (Wildman–Crippen LogP) is 3.36. The van der Waals surface area contributed by atoms with E-state index in [0.29, 0.717) is 12.5 Å². The number of carbonyl (C=O) groups excluding carboxylic acids is 1. The van der Waals surface area contributed by atoms with Crippen LogP contribution in [0.15, 0.2) is 24.3 Å². The van der Waals surface area contributed by atoms with Crippen molar-refractivity contribution in [2.75, 3.05) is 12.4 Å². The number of amides is 1. The van der Waals surface area contributed by atoms with Gasteiger partial charge in [-0.05, 0) is 30.4 Å². The molecule has 1 aliphatic carbocycles. The third-order valence-electron chi connectivity index (χ3n) is 4.42.